The van der Waals surface area contributed by atoms with E-state index in [0.29, 0.717) is 12.2 Å². The smallest absolute Gasteiger partial charge is 0.196 e. The second kappa shape index (κ2) is 6.70. The van der Waals surface area contributed by atoms with Gasteiger partial charge in [-0.1, -0.05) is 43.7 Å². The molecule has 1 atom stereocenters. The minimum absolute atomic E-state index is 0.110. The molecule has 1 aliphatic rings. The van der Waals surface area contributed by atoms with Crippen molar-refractivity contribution in [1.82, 2.24) is 0 Å². The van der Waals surface area contributed by atoms with Crippen LogP contribution in [0.1, 0.15) is 36.5 Å². The molecular weight excluding hydrogens is 268 g/mol. The number of hydrogen-bond acceptors (Lipinski definition) is 4. The lowest BCUT2D eigenvalue weighted by atomic mass is 9.94. The van der Waals surface area contributed by atoms with Crippen molar-refractivity contribution in [3.8, 4) is 0 Å². The molecule has 0 radical (unpaired) electrons. The first-order valence-corrected chi connectivity index (χ1v) is 7.13. The predicted octanol–water partition coefficient (Wildman–Crippen LogP) is 3.15. The Bertz CT molecular complexity index is 559. The zero-order chi connectivity index (χ0) is 15.3. The largest absolute Gasteiger partial charge is 0.511 e. The molecular formula is C17H20O4. The molecule has 0 heterocycles. The van der Waals surface area contributed by atoms with Crippen LogP contribution in [0.25, 0.3) is 0 Å². The molecule has 0 amide bonds. The Morgan fingerprint density at radius 1 is 1.33 bits per heavy atom. The van der Waals surface area contributed by atoms with Crippen LogP contribution in [-0.2, 0) is 4.74 Å². The van der Waals surface area contributed by atoms with Gasteiger partial charge in [-0.05, 0) is 18.6 Å². The van der Waals surface area contributed by atoms with E-state index in [9.17, 15) is 15.0 Å². The highest BCUT2D eigenvalue weighted by Gasteiger charge is 2.32. The van der Waals surface area contributed by atoms with Crippen molar-refractivity contribution in [2.75, 3.05) is 6.61 Å². The van der Waals surface area contributed by atoms with Gasteiger partial charge in [0.25, 0.3) is 0 Å². The average molecular weight is 288 g/mol. The number of aliphatic hydroxyl groups is 2. The fourth-order valence-electron chi connectivity index (χ4n) is 2.15. The van der Waals surface area contributed by atoms with E-state index in [4.69, 9.17) is 4.74 Å². The standard InChI is InChI=1S/C17H20O4/c1-2-3-11-21-17(20)10-9-14(15(18)12-17)16(19)13-7-5-4-6-8-13/h4-10,18,20H,2-3,11-12H2,1H3. The lowest BCUT2D eigenvalue weighted by Crippen LogP contribution is -2.33. The lowest BCUT2D eigenvalue weighted by Gasteiger charge is -2.28. The van der Waals surface area contributed by atoms with E-state index in [1.165, 1.54) is 12.2 Å². The Labute approximate surface area is 124 Å². The van der Waals surface area contributed by atoms with Crippen LogP contribution in [0.15, 0.2) is 53.8 Å². The quantitative estimate of drug-likeness (QED) is 0.479. The van der Waals surface area contributed by atoms with E-state index in [2.05, 4.69) is 0 Å². The van der Waals surface area contributed by atoms with E-state index in [1.807, 2.05) is 13.0 Å². The van der Waals surface area contributed by atoms with Crippen LogP contribution >= 0.6 is 0 Å². The molecule has 0 aliphatic heterocycles. The Morgan fingerprint density at radius 3 is 2.67 bits per heavy atom. The van der Waals surface area contributed by atoms with Crippen molar-refractivity contribution < 1.29 is 19.7 Å². The summed E-state index contributed by atoms with van der Waals surface area (Å²) in [6.45, 7) is 2.44. The van der Waals surface area contributed by atoms with Gasteiger partial charge in [0.15, 0.2) is 11.6 Å². The molecule has 1 aromatic rings. The number of Topliss-reactive ketones (excluding diaryl/α,β-unsaturated/α-hetero) is 1. The number of allylic oxidation sites excluding steroid dienone is 2. The summed E-state index contributed by atoms with van der Waals surface area (Å²) in [5, 5.41) is 20.3. The highest BCUT2D eigenvalue weighted by Crippen LogP contribution is 2.28. The highest BCUT2D eigenvalue weighted by atomic mass is 16.6. The molecule has 0 bridgehead atoms. The summed E-state index contributed by atoms with van der Waals surface area (Å²) in [6, 6.07) is 8.73. The number of ether oxygens (including phenoxy) is 1. The maximum Gasteiger partial charge on any atom is 0.196 e. The normalized spacial score (nSPS) is 21.6. The fourth-order valence-corrected chi connectivity index (χ4v) is 2.15. The summed E-state index contributed by atoms with van der Waals surface area (Å²) in [5.74, 6) is -1.94. The van der Waals surface area contributed by atoms with Crippen LogP contribution in [0.4, 0.5) is 0 Å². The molecule has 2 rings (SSSR count). The monoisotopic (exact) mass is 288 g/mol. The van der Waals surface area contributed by atoms with E-state index in [1.54, 1.807) is 24.3 Å². The number of ketones is 1. The summed E-state index contributed by atoms with van der Waals surface area (Å²) in [5.41, 5.74) is 0.700. The number of rotatable bonds is 6. The van der Waals surface area contributed by atoms with Gasteiger partial charge >= 0.3 is 0 Å². The van der Waals surface area contributed by atoms with Crippen molar-refractivity contribution >= 4 is 5.78 Å². The van der Waals surface area contributed by atoms with Crippen LogP contribution in [0, 0.1) is 0 Å². The maximum atomic E-state index is 12.3. The predicted molar refractivity (Wildman–Crippen MR) is 80.0 cm³/mol. The molecule has 4 heteroatoms. The molecule has 2 N–H and O–H groups in total. The number of carbonyl (C=O) groups is 1. The molecule has 4 nitrogen and oxygen atoms in total. The molecule has 0 saturated carbocycles. The topological polar surface area (TPSA) is 66.8 Å². The minimum Gasteiger partial charge on any atom is -0.511 e. The van der Waals surface area contributed by atoms with Gasteiger partial charge in [-0.15, -0.1) is 0 Å². The van der Waals surface area contributed by atoms with Crippen LogP contribution < -0.4 is 0 Å². The first-order chi connectivity index (χ1) is 10.1. The summed E-state index contributed by atoms with van der Waals surface area (Å²) in [4.78, 5) is 12.3. The van der Waals surface area contributed by atoms with E-state index in [0.717, 1.165) is 12.8 Å². The first kappa shape index (κ1) is 15.5. The SMILES string of the molecule is CCCCOC1(O)C=CC(C(=O)c2ccccc2)=C(O)C1. The second-order valence-corrected chi connectivity index (χ2v) is 5.11. The third-order valence-electron chi connectivity index (χ3n) is 3.37. The van der Waals surface area contributed by atoms with Gasteiger partial charge in [-0.2, -0.15) is 0 Å². The number of aliphatic hydroxyl groups excluding tert-OH is 1. The van der Waals surface area contributed by atoms with E-state index >= 15 is 0 Å². The zero-order valence-electron chi connectivity index (χ0n) is 12.1. The Hall–Kier alpha value is -1.91. The van der Waals surface area contributed by atoms with Crippen molar-refractivity contribution in [2.45, 2.75) is 32.0 Å². The Balaban J connectivity index is 2.11. The van der Waals surface area contributed by atoms with E-state index in [-0.39, 0.29) is 23.5 Å². The molecule has 0 fully saturated rings. The molecule has 1 aliphatic carbocycles. The summed E-state index contributed by atoms with van der Waals surface area (Å²) < 4.78 is 5.38. The molecule has 0 aromatic heterocycles. The van der Waals surface area contributed by atoms with Crippen LogP contribution in [-0.4, -0.2) is 28.4 Å². The maximum absolute atomic E-state index is 12.3. The fraction of sp³-hybridized carbons (Fsp3) is 0.353. The third kappa shape index (κ3) is 3.80. The Morgan fingerprint density at radius 2 is 2.05 bits per heavy atom. The van der Waals surface area contributed by atoms with Crippen molar-refractivity contribution in [3.63, 3.8) is 0 Å². The zero-order valence-corrected chi connectivity index (χ0v) is 12.1. The van der Waals surface area contributed by atoms with Gasteiger partial charge in [-0.3, -0.25) is 4.79 Å². The Kier molecular flexibility index (Phi) is 4.94. The molecule has 1 aromatic carbocycles. The number of carbonyl (C=O) groups excluding carboxylic acids is 1. The number of benzene rings is 1. The molecule has 21 heavy (non-hydrogen) atoms. The summed E-state index contributed by atoms with van der Waals surface area (Å²) in [7, 11) is 0. The number of unbranched alkanes of at least 4 members (excludes halogenated alkanes) is 1. The minimum atomic E-state index is -1.53. The van der Waals surface area contributed by atoms with Gasteiger partial charge < -0.3 is 14.9 Å². The third-order valence-corrected chi connectivity index (χ3v) is 3.37. The lowest BCUT2D eigenvalue weighted by molar-refractivity contribution is -0.170. The van der Waals surface area contributed by atoms with Crippen molar-refractivity contribution in [2.24, 2.45) is 0 Å². The van der Waals surface area contributed by atoms with Crippen molar-refractivity contribution in [1.29, 1.82) is 0 Å². The molecule has 1 unspecified atom stereocenters. The second-order valence-electron chi connectivity index (χ2n) is 5.11. The highest BCUT2D eigenvalue weighted by molar-refractivity contribution is 6.11. The van der Waals surface area contributed by atoms with Gasteiger partial charge in [-0.25, -0.2) is 0 Å². The summed E-state index contributed by atoms with van der Waals surface area (Å²) in [6.07, 6.45) is 4.54. The number of hydrogen-bond donors (Lipinski definition) is 2. The van der Waals surface area contributed by atoms with Gasteiger partial charge in [0.2, 0.25) is 0 Å². The molecule has 112 valence electrons. The average Bonchev–Trinajstić information content (AvgIpc) is 2.48. The van der Waals surface area contributed by atoms with Crippen LogP contribution in [0.3, 0.4) is 0 Å². The van der Waals surface area contributed by atoms with Crippen LogP contribution in [0.2, 0.25) is 0 Å². The van der Waals surface area contributed by atoms with Gasteiger partial charge in [0, 0.05) is 5.56 Å². The molecule has 0 spiro atoms. The van der Waals surface area contributed by atoms with Gasteiger partial charge in [0.1, 0.15) is 5.76 Å². The van der Waals surface area contributed by atoms with Crippen molar-refractivity contribution in [3.05, 3.63) is 59.4 Å². The molecule has 0 saturated heterocycles. The van der Waals surface area contributed by atoms with Gasteiger partial charge in [0.05, 0.1) is 18.6 Å². The van der Waals surface area contributed by atoms with E-state index < -0.39 is 5.79 Å². The van der Waals surface area contributed by atoms with Crippen LogP contribution in [0.5, 0.6) is 0 Å². The summed E-state index contributed by atoms with van der Waals surface area (Å²) >= 11 is 0. The first-order valence-electron chi connectivity index (χ1n) is 7.13.